The second kappa shape index (κ2) is 8.33. The predicted octanol–water partition coefficient (Wildman–Crippen LogP) is 4.72. The van der Waals surface area contributed by atoms with E-state index in [0.29, 0.717) is 11.3 Å². The summed E-state index contributed by atoms with van der Waals surface area (Å²) < 4.78 is 47.0. The van der Waals surface area contributed by atoms with Gasteiger partial charge in [0.1, 0.15) is 11.5 Å². The highest BCUT2D eigenvalue weighted by Crippen LogP contribution is 2.43. The molecule has 31 heavy (non-hydrogen) atoms. The number of rotatable bonds is 6. The molecule has 0 bridgehead atoms. The third-order valence-electron chi connectivity index (χ3n) is 4.76. The second-order valence-electron chi connectivity index (χ2n) is 7.18. The van der Waals surface area contributed by atoms with Gasteiger partial charge in [-0.1, -0.05) is 32.0 Å². The molecule has 0 fully saturated rings. The van der Waals surface area contributed by atoms with E-state index in [9.17, 15) is 27.9 Å². The standard InChI is InChI=1S/C22H20F3NO5/c1-12(2)19(27)17-18(13-7-9-15(30-3)10-8-13)26(21(29)20(17)28)14-5-4-6-16(11-14)31-22(23,24)25/h4-12,18,28H,1-3H3. The summed E-state index contributed by atoms with van der Waals surface area (Å²) in [7, 11) is 1.48. The van der Waals surface area contributed by atoms with Crippen molar-refractivity contribution in [1.82, 2.24) is 0 Å². The molecule has 1 N–H and O–H groups in total. The fraction of sp³-hybridized carbons (Fsp3) is 0.273. The fourth-order valence-electron chi connectivity index (χ4n) is 3.37. The number of halogens is 3. The average molecular weight is 435 g/mol. The Bertz CT molecular complexity index is 1030. The van der Waals surface area contributed by atoms with Gasteiger partial charge < -0.3 is 14.6 Å². The number of anilines is 1. The molecule has 164 valence electrons. The van der Waals surface area contributed by atoms with Crippen molar-refractivity contribution in [2.45, 2.75) is 26.3 Å². The fourth-order valence-corrected chi connectivity index (χ4v) is 3.37. The third kappa shape index (κ3) is 4.50. The molecule has 1 amide bonds. The zero-order valence-corrected chi connectivity index (χ0v) is 16.9. The highest BCUT2D eigenvalue weighted by Gasteiger charge is 2.45. The Morgan fingerprint density at radius 2 is 1.74 bits per heavy atom. The van der Waals surface area contributed by atoms with Gasteiger partial charge in [0.25, 0.3) is 5.91 Å². The lowest BCUT2D eigenvalue weighted by Crippen LogP contribution is -2.31. The zero-order valence-electron chi connectivity index (χ0n) is 16.9. The van der Waals surface area contributed by atoms with Crippen LogP contribution in [0.4, 0.5) is 18.9 Å². The number of ether oxygens (including phenoxy) is 2. The lowest BCUT2D eigenvalue weighted by Gasteiger charge is -2.27. The maximum absolute atomic E-state index is 12.9. The summed E-state index contributed by atoms with van der Waals surface area (Å²) in [5.74, 6) is -2.60. The summed E-state index contributed by atoms with van der Waals surface area (Å²) >= 11 is 0. The molecule has 0 aromatic heterocycles. The van der Waals surface area contributed by atoms with Gasteiger partial charge in [-0.05, 0) is 29.8 Å². The first-order valence-electron chi connectivity index (χ1n) is 9.34. The molecular weight excluding hydrogens is 415 g/mol. The lowest BCUT2D eigenvalue weighted by molar-refractivity contribution is -0.274. The van der Waals surface area contributed by atoms with Crippen molar-refractivity contribution in [2.24, 2.45) is 5.92 Å². The molecule has 1 unspecified atom stereocenters. The number of ketones is 1. The lowest BCUT2D eigenvalue weighted by atomic mass is 9.91. The smallest absolute Gasteiger partial charge is 0.503 e. The number of alkyl halides is 3. The number of hydrogen-bond donors (Lipinski definition) is 1. The van der Waals surface area contributed by atoms with Crippen LogP contribution < -0.4 is 14.4 Å². The van der Waals surface area contributed by atoms with Gasteiger partial charge in [-0.25, -0.2) is 0 Å². The van der Waals surface area contributed by atoms with Crippen LogP contribution in [0, 0.1) is 5.92 Å². The van der Waals surface area contributed by atoms with Gasteiger partial charge in [-0.15, -0.1) is 13.2 Å². The van der Waals surface area contributed by atoms with Crippen LogP contribution in [0.1, 0.15) is 25.5 Å². The van der Waals surface area contributed by atoms with Crippen LogP contribution in [0.15, 0.2) is 59.9 Å². The van der Waals surface area contributed by atoms with E-state index in [-0.39, 0.29) is 11.3 Å². The van der Waals surface area contributed by atoms with E-state index in [0.717, 1.165) is 17.0 Å². The van der Waals surface area contributed by atoms with Gasteiger partial charge in [-0.3, -0.25) is 14.5 Å². The van der Waals surface area contributed by atoms with Crippen molar-refractivity contribution in [3.8, 4) is 11.5 Å². The van der Waals surface area contributed by atoms with Crippen LogP contribution in [0.3, 0.4) is 0 Å². The maximum Gasteiger partial charge on any atom is 0.573 e. The Balaban J connectivity index is 2.13. The number of hydrogen-bond acceptors (Lipinski definition) is 5. The quantitative estimate of drug-likeness (QED) is 0.711. The first-order valence-corrected chi connectivity index (χ1v) is 9.34. The molecule has 0 saturated heterocycles. The molecule has 1 aliphatic heterocycles. The molecular formula is C22H20F3NO5. The van der Waals surface area contributed by atoms with Gasteiger partial charge in [0.15, 0.2) is 11.5 Å². The van der Waals surface area contributed by atoms with Crippen LogP contribution in [-0.2, 0) is 9.59 Å². The normalized spacial score (nSPS) is 16.8. The molecule has 1 aliphatic rings. The number of amides is 1. The number of carbonyl (C=O) groups excluding carboxylic acids is 2. The minimum atomic E-state index is -4.91. The highest BCUT2D eigenvalue weighted by molar-refractivity contribution is 6.16. The molecule has 0 aliphatic carbocycles. The van der Waals surface area contributed by atoms with E-state index >= 15 is 0 Å². The number of carbonyl (C=O) groups is 2. The number of Topliss-reactive ketones (excluding diaryl/α,β-unsaturated/α-hetero) is 1. The van der Waals surface area contributed by atoms with E-state index in [2.05, 4.69) is 4.74 Å². The number of methoxy groups -OCH3 is 1. The molecule has 0 spiro atoms. The van der Waals surface area contributed by atoms with Crippen LogP contribution in [0.5, 0.6) is 11.5 Å². The molecule has 1 heterocycles. The van der Waals surface area contributed by atoms with Gasteiger partial charge in [0, 0.05) is 17.7 Å². The van der Waals surface area contributed by atoms with Crippen molar-refractivity contribution in [3.63, 3.8) is 0 Å². The molecule has 0 saturated carbocycles. The van der Waals surface area contributed by atoms with E-state index < -0.39 is 41.5 Å². The van der Waals surface area contributed by atoms with E-state index in [1.807, 2.05) is 0 Å². The molecule has 6 nitrogen and oxygen atoms in total. The molecule has 2 aromatic carbocycles. The van der Waals surface area contributed by atoms with E-state index in [1.54, 1.807) is 38.1 Å². The van der Waals surface area contributed by atoms with Gasteiger partial charge >= 0.3 is 6.36 Å². The largest absolute Gasteiger partial charge is 0.573 e. The predicted molar refractivity (Wildman–Crippen MR) is 106 cm³/mol. The van der Waals surface area contributed by atoms with Crippen molar-refractivity contribution < 1.29 is 37.3 Å². The number of benzene rings is 2. The second-order valence-corrected chi connectivity index (χ2v) is 7.18. The summed E-state index contributed by atoms with van der Waals surface area (Å²) in [6.45, 7) is 3.25. The summed E-state index contributed by atoms with van der Waals surface area (Å²) in [6, 6.07) is 10.2. The Hall–Kier alpha value is -3.49. The topological polar surface area (TPSA) is 76.1 Å². The third-order valence-corrected chi connectivity index (χ3v) is 4.76. The Kier molecular flexibility index (Phi) is 5.97. The highest BCUT2D eigenvalue weighted by atomic mass is 19.4. The first kappa shape index (κ1) is 22.2. The minimum Gasteiger partial charge on any atom is -0.503 e. The SMILES string of the molecule is COc1ccc(C2C(C(=O)C(C)C)=C(O)C(=O)N2c2cccc(OC(F)(F)F)c2)cc1. The summed E-state index contributed by atoms with van der Waals surface area (Å²) in [4.78, 5) is 26.8. The van der Waals surface area contributed by atoms with E-state index in [4.69, 9.17) is 4.74 Å². The zero-order chi connectivity index (χ0) is 22.9. The van der Waals surface area contributed by atoms with Gasteiger partial charge in [0.2, 0.25) is 0 Å². The summed E-state index contributed by atoms with van der Waals surface area (Å²) in [5.41, 5.74) is 0.391. The Morgan fingerprint density at radius 1 is 1.10 bits per heavy atom. The molecule has 3 rings (SSSR count). The Morgan fingerprint density at radius 3 is 2.29 bits per heavy atom. The summed E-state index contributed by atoms with van der Waals surface area (Å²) in [5, 5.41) is 10.5. The van der Waals surface area contributed by atoms with Crippen LogP contribution >= 0.6 is 0 Å². The molecule has 9 heteroatoms. The molecule has 0 radical (unpaired) electrons. The number of aliphatic hydroxyl groups is 1. The number of aliphatic hydroxyl groups excluding tert-OH is 1. The van der Waals surface area contributed by atoms with Crippen molar-refractivity contribution >= 4 is 17.4 Å². The van der Waals surface area contributed by atoms with Crippen LogP contribution in [-0.4, -0.2) is 30.3 Å². The monoisotopic (exact) mass is 435 g/mol. The van der Waals surface area contributed by atoms with Crippen molar-refractivity contribution in [1.29, 1.82) is 0 Å². The number of nitrogens with zero attached hydrogens (tertiary/aromatic N) is 1. The molecule has 1 atom stereocenters. The van der Waals surface area contributed by atoms with Crippen LogP contribution in [0.25, 0.3) is 0 Å². The van der Waals surface area contributed by atoms with Gasteiger partial charge in [-0.2, -0.15) is 0 Å². The average Bonchev–Trinajstić information content (AvgIpc) is 2.97. The van der Waals surface area contributed by atoms with Gasteiger partial charge in [0.05, 0.1) is 18.7 Å². The van der Waals surface area contributed by atoms with Crippen molar-refractivity contribution in [2.75, 3.05) is 12.0 Å². The summed E-state index contributed by atoms with van der Waals surface area (Å²) in [6.07, 6.45) is -4.91. The Labute approximate surface area is 176 Å². The maximum atomic E-state index is 12.9. The first-order chi connectivity index (χ1) is 14.5. The van der Waals surface area contributed by atoms with Crippen molar-refractivity contribution in [3.05, 3.63) is 65.4 Å². The van der Waals surface area contributed by atoms with Crippen LogP contribution in [0.2, 0.25) is 0 Å². The molecule has 2 aromatic rings. The minimum absolute atomic E-state index is 0.0330. The van der Waals surface area contributed by atoms with E-state index in [1.165, 1.54) is 19.2 Å².